The lowest BCUT2D eigenvalue weighted by Crippen LogP contribution is -2.49. The Labute approximate surface area is 126 Å². The Bertz CT molecular complexity index is 279. The minimum atomic E-state index is 0.773. The van der Waals surface area contributed by atoms with Crippen LogP contribution >= 0.6 is 0 Å². The van der Waals surface area contributed by atoms with Crippen molar-refractivity contribution >= 4 is 0 Å². The van der Waals surface area contributed by atoms with Crippen molar-refractivity contribution in [2.75, 3.05) is 19.6 Å². The van der Waals surface area contributed by atoms with Gasteiger partial charge in [0.1, 0.15) is 0 Å². The molecule has 1 saturated heterocycles. The highest BCUT2D eigenvalue weighted by molar-refractivity contribution is 4.88. The van der Waals surface area contributed by atoms with Crippen LogP contribution in [0.3, 0.4) is 0 Å². The lowest BCUT2D eigenvalue weighted by molar-refractivity contribution is 0.0770. The maximum absolute atomic E-state index is 3.77. The van der Waals surface area contributed by atoms with Gasteiger partial charge in [-0.3, -0.25) is 0 Å². The molecule has 0 amide bonds. The molecular weight excluding hydrogens is 244 g/mol. The van der Waals surface area contributed by atoms with Gasteiger partial charge >= 0.3 is 0 Å². The number of rotatable bonds is 5. The molecular formula is C18H36N2. The van der Waals surface area contributed by atoms with Crippen molar-refractivity contribution in [2.24, 2.45) is 17.8 Å². The summed E-state index contributed by atoms with van der Waals surface area (Å²) in [5, 5.41) is 3.77. The first kappa shape index (κ1) is 16.3. The molecule has 2 rings (SSSR count). The largest absolute Gasteiger partial charge is 0.314 e. The van der Waals surface area contributed by atoms with Crippen molar-refractivity contribution in [3.8, 4) is 0 Å². The molecule has 0 aromatic carbocycles. The van der Waals surface area contributed by atoms with Crippen LogP contribution in [0.1, 0.15) is 66.2 Å². The van der Waals surface area contributed by atoms with E-state index in [9.17, 15) is 0 Å². The van der Waals surface area contributed by atoms with Crippen LogP contribution in [0.15, 0.2) is 0 Å². The van der Waals surface area contributed by atoms with E-state index >= 15 is 0 Å². The van der Waals surface area contributed by atoms with Gasteiger partial charge in [-0.25, -0.2) is 0 Å². The third-order valence-corrected chi connectivity index (χ3v) is 5.88. The van der Waals surface area contributed by atoms with Gasteiger partial charge in [0, 0.05) is 18.6 Å². The Hall–Kier alpha value is -0.0800. The van der Waals surface area contributed by atoms with Crippen molar-refractivity contribution in [2.45, 2.75) is 78.3 Å². The summed E-state index contributed by atoms with van der Waals surface area (Å²) in [6.45, 7) is 13.3. The van der Waals surface area contributed by atoms with Gasteiger partial charge < -0.3 is 10.2 Å². The minimum absolute atomic E-state index is 0.773. The Morgan fingerprint density at radius 3 is 2.50 bits per heavy atom. The zero-order chi connectivity index (χ0) is 14.5. The third-order valence-electron chi connectivity index (χ3n) is 5.88. The minimum Gasteiger partial charge on any atom is -0.314 e. The van der Waals surface area contributed by atoms with Crippen LogP contribution in [-0.2, 0) is 0 Å². The first-order valence-electron chi connectivity index (χ1n) is 9.11. The van der Waals surface area contributed by atoms with Gasteiger partial charge in [-0.05, 0) is 69.9 Å². The smallest absolute Gasteiger partial charge is 0.0108 e. The first-order chi connectivity index (χ1) is 9.63. The van der Waals surface area contributed by atoms with Gasteiger partial charge in [-0.15, -0.1) is 0 Å². The molecule has 1 saturated carbocycles. The molecule has 1 heterocycles. The van der Waals surface area contributed by atoms with Crippen LogP contribution in [0.25, 0.3) is 0 Å². The molecule has 2 heteroatoms. The summed E-state index contributed by atoms with van der Waals surface area (Å²) in [6.07, 6.45) is 8.47. The lowest BCUT2D eigenvalue weighted by Gasteiger charge is -2.43. The fourth-order valence-corrected chi connectivity index (χ4v) is 4.49. The molecule has 2 aliphatic rings. The number of likely N-dealkylation sites (tertiary alicyclic amines) is 1. The van der Waals surface area contributed by atoms with Crippen molar-refractivity contribution in [3.63, 3.8) is 0 Å². The lowest BCUT2D eigenvalue weighted by atomic mass is 9.76. The monoisotopic (exact) mass is 280 g/mol. The Morgan fingerprint density at radius 1 is 1.05 bits per heavy atom. The molecule has 0 radical (unpaired) electrons. The number of piperidine rings is 1. The second-order valence-electron chi connectivity index (χ2n) is 7.49. The summed E-state index contributed by atoms with van der Waals surface area (Å²) >= 11 is 0. The molecule has 0 aromatic heterocycles. The van der Waals surface area contributed by atoms with Gasteiger partial charge in [0.2, 0.25) is 0 Å². The Morgan fingerprint density at radius 2 is 1.85 bits per heavy atom. The number of hydrogen-bond donors (Lipinski definition) is 1. The predicted octanol–water partition coefficient (Wildman–Crippen LogP) is 3.91. The second kappa shape index (κ2) is 7.79. The summed E-state index contributed by atoms with van der Waals surface area (Å²) < 4.78 is 0. The molecule has 0 bridgehead atoms. The van der Waals surface area contributed by atoms with E-state index in [0.717, 1.165) is 36.4 Å². The van der Waals surface area contributed by atoms with E-state index in [2.05, 4.69) is 37.9 Å². The fourth-order valence-electron chi connectivity index (χ4n) is 4.49. The van der Waals surface area contributed by atoms with Crippen molar-refractivity contribution in [3.05, 3.63) is 0 Å². The molecule has 1 N–H and O–H groups in total. The maximum Gasteiger partial charge on any atom is 0.0108 e. The predicted molar refractivity (Wildman–Crippen MR) is 88.0 cm³/mol. The fraction of sp³-hybridized carbons (Fsp3) is 1.00. The quantitative estimate of drug-likeness (QED) is 0.821. The number of hydrogen-bond acceptors (Lipinski definition) is 2. The molecule has 1 aliphatic heterocycles. The Kier molecular flexibility index (Phi) is 6.35. The van der Waals surface area contributed by atoms with Crippen LogP contribution < -0.4 is 5.32 Å². The number of nitrogens with zero attached hydrogens (tertiary/aromatic N) is 1. The van der Waals surface area contributed by atoms with Crippen LogP contribution in [0.4, 0.5) is 0 Å². The van der Waals surface area contributed by atoms with Gasteiger partial charge in [0.15, 0.2) is 0 Å². The van der Waals surface area contributed by atoms with E-state index in [0.29, 0.717) is 0 Å². The molecule has 2 fully saturated rings. The normalized spacial score (nSPS) is 39.9. The zero-order valence-corrected chi connectivity index (χ0v) is 14.2. The van der Waals surface area contributed by atoms with E-state index in [1.54, 1.807) is 0 Å². The van der Waals surface area contributed by atoms with Gasteiger partial charge in [0.25, 0.3) is 0 Å². The molecule has 118 valence electrons. The average Bonchev–Trinajstić information content (AvgIpc) is 2.44. The van der Waals surface area contributed by atoms with E-state index in [1.165, 1.54) is 51.6 Å². The highest BCUT2D eigenvalue weighted by atomic mass is 15.2. The third kappa shape index (κ3) is 4.21. The van der Waals surface area contributed by atoms with Gasteiger partial charge in [0.05, 0.1) is 0 Å². The summed E-state index contributed by atoms with van der Waals surface area (Å²) in [7, 11) is 0. The highest BCUT2D eigenvalue weighted by Crippen LogP contribution is 2.33. The summed E-state index contributed by atoms with van der Waals surface area (Å²) in [5.74, 6) is 2.79. The van der Waals surface area contributed by atoms with E-state index in [-0.39, 0.29) is 0 Å². The molecule has 1 aliphatic carbocycles. The van der Waals surface area contributed by atoms with Gasteiger partial charge in [-0.2, -0.15) is 0 Å². The molecule has 20 heavy (non-hydrogen) atoms. The molecule has 2 nitrogen and oxygen atoms in total. The average molecular weight is 280 g/mol. The zero-order valence-electron chi connectivity index (χ0n) is 14.2. The van der Waals surface area contributed by atoms with Crippen molar-refractivity contribution in [1.82, 2.24) is 10.2 Å². The first-order valence-corrected chi connectivity index (χ1v) is 9.11. The van der Waals surface area contributed by atoms with Gasteiger partial charge in [-0.1, -0.05) is 27.2 Å². The molecule has 0 aromatic rings. The van der Waals surface area contributed by atoms with E-state index in [4.69, 9.17) is 0 Å². The van der Waals surface area contributed by atoms with E-state index < -0.39 is 0 Å². The highest BCUT2D eigenvalue weighted by Gasteiger charge is 2.32. The van der Waals surface area contributed by atoms with Crippen molar-refractivity contribution < 1.29 is 0 Å². The number of nitrogens with one attached hydrogen (secondary N) is 1. The second-order valence-corrected chi connectivity index (χ2v) is 7.49. The standard InChI is InChI=1S/C18H36N2/c1-5-16-7-8-18(19-6-2)17(12-16)13-20-10-9-14(3)11-15(20)4/h14-19H,5-13H2,1-4H3. The SMILES string of the molecule is CCNC1CCC(CC)CC1CN1CCC(C)CC1C. The topological polar surface area (TPSA) is 15.3 Å². The van der Waals surface area contributed by atoms with Crippen LogP contribution in [0.2, 0.25) is 0 Å². The van der Waals surface area contributed by atoms with Crippen LogP contribution in [0.5, 0.6) is 0 Å². The van der Waals surface area contributed by atoms with Crippen molar-refractivity contribution in [1.29, 1.82) is 0 Å². The summed E-state index contributed by atoms with van der Waals surface area (Å²) in [4.78, 5) is 2.78. The Balaban J connectivity index is 1.92. The summed E-state index contributed by atoms with van der Waals surface area (Å²) in [6, 6.07) is 1.57. The molecule has 5 atom stereocenters. The molecule has 0 spiro atoms. The molecule has 5 unspecified atom stereocenters. The van der Waals surface area contributed by atoms with Crippen LogP contribution in [0, 0.1) is 17.8 Å². The maximum atomic E-state index is 3.77. The summed E-state index contributed by atoms with van der Waals surface area (Å²) in [5.41, 5.74) is 0. The van der Waals surface area contributed by atoms with Crippen LogP contribution in [-0.4, -0.2) is 36.6 Å². The van der Waals surface area contributed by atoms with E-state index in [1.807, 2.05) is 0 Å².